The maximum atomic E-state index is 11.7. The molecule has 1 aromatic carbocycles. The van der Waals surface area contributed by atoms with Crippen LogP contribution in [-0.4, -0.2) is 20.2 Å². The summed E-state index contributed by atoms with van der Waals surface area (Å²) in [6, 6.07) is 4.30. The molecule has 0 aliphatic rings. The average molecular weight is 233 g/mol. The molecule has 0 unspecified atom stereocenters. The quantitative estimate of drug-likeness (QED) is 0.737. The lowest BCUT2D eigenvalue weighted by Crippen LogP contribution is -2.20. The van der Waals surface area contributed by atoms with Crippen molar-refractivity contribution in [1.29, 1.82) is 0 Å². The summed E-state index contributed by atoms with van der Waals surface area (Å²) >= 11 is 0. The first kappa shape index (κ1) is 11.0. The fourth-order valence-electron chi connectivity index (χ4n) is 1.56. The van der Waals surface area contributed by atoms with Crippen molar-refractivity contribution in [3.63, 3.8) is 0 Å². The van der Waals surface area contributed by atoms with E-state index in [1.807, 2.05) is 0 Å². The molecule has 0 fully saturated rings. The summed E-state index contributed by atoms with van der Waals surface area (Å²) in [6.07, 6.45) is 3.15. The molecule has 6 heteroatoms. The van der Waals surface area contributed by atoms with E-state index in [2.05, 4.69) is 0 Å². The summed E-state index contributed by atoms with van der Waals surface area (Å²) in [6.45, 7) is 0. The minimum atomic E-state index is -1.08. The van der Waals surface area contributed by atoms with Gasteiger partial charge in [0.15, 0.2) is 0 Å². The number of aromatic nitrogens is 2. The van der Waals surface area contributed by atoms with Gasteiger partial charge in [0.2, 0.25) is 0 Å². The number of benzene rings is 1. The molecule has 88 valence electrons. The predicted octanol–water partition coefficient (Wildman–Crippen LogP) is 0.456. The summed E-state index contributed by atoms with van der Waals surface area (Å²) in [5, 5.41) is 8.91. The van der Waals surface area contributed by atoms with Crippen molar-refractivity contribution in [3.05, 3.63) is 46.6 Å². The fraction of sp³-hybridized carbons (Fsp3) is 0.0909. The van der Waals surface area contributed by atoms with E-state index in [9.17, 15) is 9.59 Å². The van der Waals surface area contributed by atoms with Crippen molar-refractivity contribution in [3.8, 4) is 5.69 Å². The minimum absolute atomic E-state index is 0.0516. The number of carbonyl (C=O) groups is 1. The molecule has 0 spiro atoms. The molecule has 1 aromatic heterocycles. The number of nitrogens with two attached hydrogens (primary N) is 1. The molecular formula is C11H11N3O3. The summed E-state index contributed by atoms with van der Waals surface area (Å²) in [4.78, 5) is 22.6. The maximum absolute atomic E-state index is 11.7. The lowest BCUT2D eigenvalue weighted by molar-refractivity contribution is 0.0697. The van der Waals surface area contributed by atoms with Crippen molar-refractivity contribution in [2.45, 2.75) is 0 Å². The zero-order valence-corrected chi connectivity index (χ0v) is 9.12. The van der Waals surface area contributed by atoms with Gasteiger partial charge in [-0.3, -0.25) is 4.57 Å². The van der Waals surface area contributed by atoms with Crippen molar-refractivity contribution < 1.29 is 9.90 Å². The monoisotopic (exact) mass is 233 g/mol. The van der Waals surface area contributed by atoms with Gasteiger partial charge in [0.25, 0.3) is 0 Å². The number of nitrogens with zero attached hydrogens (tertiary/aromatic N) is 2. The van der Waals surface area contributed by atoms with Crippen LogP contribution in [0.3, 0.4) is 0 Å². The second kappa shape index (κ2) is 3.82. The van der Waals surface area contributed by atoms with Crippen LogP contribution in [0.1, 0.15) is 10.4 Å². The zero-order chi connectivity index (χ0) is 12.6. The van der Waals surface area contributed by atoms with Crippen molar-refractivity contribution in [1.82, 2.24) is 9.13 Å². The van der Waals surface area contributed by atoms with Crippen LogP contribution in [0.15, 0.2) is 35.4 Å². The Balaban J connectivity index is 2.64. The number of hydrogen-bond acceptors (Lipinski definition) is 3. The van der Waals surface area contributed by atoms with Crippen molar-refractivity contribution in [2.75, 3.05) is 5.73 Å². The van der Waals surface area contributed by atoms with Crippen LogP contribution in [0, 0.1) is 0 Å². The Labute approximate surface area is 96.5 Å². The molecule has 0 saturated carbocycles. The number of carboxylic acid groups (broad SMARTS) is 1. The van der Waals surface area contributed by atoms with Gasteiger partial charge in [0.05, 0.1) is 11.3 Å². The van der Waals surface area contributed by atoms with E-state index in [1.54, 1.807) is 25.5 Å². The Kier molecular flexibility index (Phi) is 2.47. The molecule has 0 atom stereocenters. The standard InChI is InChI=1S/C11H11N3O3/c1-13-2-3-14(11(13)17)9-5-7(10(15)16)4-8(12)6-9/h2-6H,12H2,1H3,(H,15,16). The molecule has 17 heavy (non-hydrogen) atoms. The highest BCUT2D eigenvalue weighted by molar-refractivity contribution is 5.89. The largest absolute Gasteiger partial charge is 0.478 e. The highest BCUT2D eigenvalue weighted by atomic mass is 16.4. The molecule has 1 heterocycles. The smallest absolute Gasteiger partial charge is 0.335 e. The van der Waals surface area contributed by atoms with Crippen LogP contribution in [0.2, 0.25) is 0 Å². The third kappa shape index (κ3) is 1.92. The summed E-state index contributed by atoms with van der Waals surface area (Å²) in [5.41, 5.74) is 6.14. The summed E-state index contributed by atoms with van der Waals surface area (Å²) in [7, 11) is 1.61. The van der Waals surface area contributed by atoms with Gasteiger partial charge in [-0.1, -0.05) is 0 Å². The molecule has 0 aliphatic carbocycles. The Morgan fingerprint density at radius 2 is 2.00 bits per heavy atom. The number of nitrogen functional groups attached to an aromatic ring is 1. The molecular weight excluding hydrogens is 222 g/mol. The first-order valence-electron chi connectivity index (χ1n) is 4.87. The SMILES string of the molecule is Cn1ccn(-c2cc(N)cc(C(=O)O)c2)c1=O. The number of hydrogen-bond donors (Lipinski definition) is 2. The number of carboxylic acids is 1. The van der Waals surface area contributed by atoms with E-state index in [4.69, 9.17) is 10.8 Å². The summed E-state index contributed by atoms with van der Waals surface area (Å²) in [5.74, 6) is -1.08. The van der Waals surface area contributed by atoms with E-state index < -0.39 is 5.97 Å². The van der Waals surface area contributed by atoms with Crippen LogP contribution >= 0.6 is 0 Å². The molecule has 6 nitrogen and oxygen atoms in total. The van der Waals surface area contributed by atoms with E-state index in [1.165, 1.54) is 21.3 Å². The first-order valence-corrected chi connectivity index (χ1v) is 4.87. The highest BCUT2D eigenvalue weighted by Gasteiger charge is 2.09. The van der Waals surface area contributed by atoms with Gasteiger partial charge in [-0.05, 0) is 18.2 Å². The van der Waals surface area contributed by atoms with Crippen LogP contribution < -0.4 is 11.4 Å². The molecule has 0 radical (unpaired) electrons. The highest BCUT2D eigenvalue weighted by Crippen LogP contribution is 2.14. The lowest BCUT2D eigenvalue weighted by Gasteiger charge is -2.04. The molecule has 0 aliphatic heterocycles. The number of aryl methyl sites for hydroxylation is 1. The van der Waals surface area contributed by atoms with E-state index in [0.29, 0.717) is 11.4 Å². The molecule has 3 N–H and O–H groups in total. The van der Waals surface area contributed by atoms with Gasteiger partial charge in [-0.15, -0.1) is 0 Å². The third-order valence-corrected chi connectivity index (χ3v) is 2.41. The molecule has 0 bridgehead atoms. The number of anilines is 1. The topological polar surface area (TPSA) is 90.2 Å². The first-order chi connectivity index (χ1) is 7.99. The Bertz CT molecular complexity index is 640. The normalized spacial score (nSPS) is 10.4. The van der Waals surface area contributed by atoms with Gasteiger partial charge >= 0.3 is 11.7 Å². The minimum Gasteiger partial charge on any atom is -0.478 e. The van der Waals surface area contributed by atoms with E-state index >= 15 is 0 Å². The Morgan fingerprint density at radius 1 is 1.29 bits per heavy atom. The van der Waals surface area contributed by atoms with Crippen molar-refractivity contribution in [2.24, 2.45) is 7.05 Å². The second-order valence-corrected chi connectivity index (χ2v) is 3.68. The van der Waals surface area contributed by atoms with Crippen LogP contribution in [0.25, 0.3) is 5.69 Å². The van der Waals surface area contributed by atoms with Gasteiger partial charge in [-0.25, -0.2) is 9.59 Å². The number of rotatable bonds is 2. The second-order valence-electron chi connectivity index (χ2n) is 3.68. The zero-order valence-electron chi connectivity index (χ0n) is 9.12. The van der Waals surface area contributed by atoms with Gasteiger partial charge in [0, 0.05) is 25.1 Å². The molecule has 0 amide bonds. The number of aromatic carboxylic acids is 1. The van der Waals surface area contributed by atoms with Crippen LogP contribution in [-0.2, 0) is 7.05 Å². The fourth-order valence-corrected chi connectivity index (χ4v) is 1.56. The third-order valence-electron chi connectivity index (χ3n) is 2.41. The van der Waals surface area contributed by atoms with Gasteiger partial charge < -0.3 is 15.4 Å². The number of imidazole rings is 1. The lowest BCUT2D eigenvalue weighted by atomic mass is 10.2. The predicted molar refractivity (Wildman–Crippen MR) is 62.4 cm³/mol. The Morgan fingerprint density at radius 3 is 2.53 bits per heavy atom. The maximum Gasteiger partial charge on any atom is 0.335 e. The van der Waals surface area contributed by atoms with E-state index in [0.717, 1.165) is 0 Å². The van der Waals surface area contributed by atoms with E-state index in [-0.39, 0.29) is 11.3 Å². The van der Waals surface area contributed by atoms with Crippen LogP contribution in [0.5, 0.6) is 0 Å². The van der Waals surface area contributed by atoms with Gasteiger partial charge in [-0.2, -0.15) is 0 Å². The van der Waals surface area contributed by atoms with Crippen molar-refractivity contribution >= 4 is 11.7 Å². The average Bonchev–Trinajstić information content (AvgIpc) is 2.59. The van der Waals surface area contributed by atoms with Gasteiger partial charge in [0.1, 0.15) is 0 Å². The molecule has 2 aromatic rings. The molecule has 2 rings (SSSR count). The Hall–Kier alpha value is -2.50. The molecule has 0 saturated heterocycles. The van der Waals surface area contributed by atoms with Crippen LogP contribution in [0.4, 0.5) is 5.69 Å². The summed E-state index contributed by atoms with van der Waals surface area (Å²) < 4.78 is 2.73.